The van der Waals surface area contributed by atoms with Crippen molar-refractivity contribution in [3.8, 4) is 0 Å². The molecule has 4 rings (SSSR count). The van der Waals surface area contributed by atoms with Crippen LogP contribution in [0.15, 0.2) is 24.3 Å². The SMILES string of the molecule is O=C(Cc1cccc(F)c1)N1CC[C@H]2[C@H]1CCN2CC1CCOCC1.O=C(O)C(F)(F)F. The van der Waals surface area contributed by atoms with Gasteiger partial charge in [0.1, 0.15) is 5.82 Å². The molecule has 178 valence electrons. The van der Waals surface area contributed by atoms with Gasteiger partial charge in [-0.05, 0) is 49.3 Å². The molecular weight excluding hydrogens is 432 g/mol. The molecule has 3 heterocycles. The summed E-state index contributed by atoms with van der Waals surface area (Å²) in [5.74, 6) is -2.14. The number of hydrogen-bond donors (Lipinski definition) is 1. The molecule has 3 fully saturated rings. The van der Waals surface area contributed by atoms with Crippen LogP contribution in [0.3, 0.4) is 0 Å². The molecule has 2 atom stereocenters. The Balaban J connectivity index is 0.000000360. The Morgan fingerprint density at radius 2 is 1.72 bits per heavy atom. The average molecular weight is 460 g/mol. The molecule has 32 heavy (non-hydrogen) atoms. The fourth-order valence-corrected chi connectivity index (χ4v) is 4.80. The second kappa shape index (κ2) is 10.6. The van der Waals surface area contributed by atoms with Crippen LogP contribution in [0.4, 0.5) is 17.6 Å². The maximum atomic E-state index is 13.3. The number of nitrogens with zero attached hydrogens (tertiary/aromatic N) is 2. The van der Waals surface area contributed by atoms with Crippen LogP contribution in [0.5, 0.6) is 0 Å². The fraction of sp³-hybridized carbons (Fsp3) is 0.636. The normalized spacial score (nSPS) is 24.1. The van der Waals surface area contributed by atoms with Gasteiger partial charge in [0.25, 0.3) is 0 Å². The molecule has 1 amide bonds. The first-order valence-electron chi connectivity index (χ1n) is 10.8. The zero-order chi connectivity index (χ0) is 23.3. The Labute approximate surface area is 184 Å². The lowest BCUT2D eigenvalue weighted by molar-refractivity contribution is -0.192. The minimum atomic E-state index is -5.08. The number of carboxylic acid groups (broad SMARTS) is 1. The number of alkyl halides is 3. The maximum Gasteiger partial charge on any atom is 0.490 e. The van der Waals surface area contributed by atoms with Crippen molar-refractivity contribution < 1.29 is 37.0 Å². The summed E-state index contributed by atoms with van der Waals surface area (Å²) in [5.41, 5.74) is 0.769. The molecule has 1 aromatic rings. The zero-order valence-electron chi connectivity index (χ0n) is 17.7. The highest BCUT2D eigenvalue weighted by Crippen LogP contribution is 2.33. The lowest BCUT2D eigenvalue weighted by Crippen LogP contribution is -2.41. The van der Waals surface area contributed by atoms with E-state index in [9.17, 15) is 22.4 Å². The number of benzene rings is 1. The summed E-state index contributed by atoms with van der Waals surface area (Å²) < 4.78 is 50.5. The molecule has 3 aliphatic rings. The zero-order valence-corrected chi connectivity index (χ0v) is 17.7. The van der Waals surface area contributed by atoms with E-state index in [4.69, 9.17) is 14.6 Å². The van der Waals surface area contributed by atoms with Gasteiger partial charge < -0.3 is 14.7 Å². The third-order valence-electron chi connectivity index (χ3n) is 6.33. The van der Waals surface area contributed by atoms with Gasteiger partial charge in [0, 0.05) is 44.9 Å². The van der Waals surface area contributed by atoms with Crippen LogP contribution in [0.1, 0.15) is 31.2 Å². The molecule has 1 aromatic carbocycles. The minimum absolute atomic E-state index is 0.144. The van der Waals surface area contributed by atoms with Gasteiger partial charge in [-0.2, -0.15) is 13.2 Å². The number of amides is 1. The van der Waals surface area contributed by atoms with Gasteiger partial charge in [-0.15, -0.1) is 0 Å². The Morgan fingerprint density at radius 3 is 2.34 bits per heavy atom. The van der Waals surface area contributed by atoms with Gasteiger partial charge in [-0.25, -0.2) is 9.18 Å². The minimum Gasteiger partial charge on any atom is -0.475 e. The quantitative estimate of drug-likeness (QED) is 0.700. The Morgan fingerprint density at radius 1 is 1.06 bits per heavy atom. The third-order valence-corrected chi connectivity index (χ3v) is 6.33. The molecule has 0 bridgehead atoms. The number of carbonyl (C=O) groups excluding carboxylic acids is 1. The van der Waals surface area contributed by atoms with E-state index in [2.05, 4.69) is 9.80 Å². The van der Waals surface area contributed by atoms with Crippen LogP contribution in [-0.4, -0.2) is 77.9 Å². The highest BCUT2D eigenvalue weighted by molar-refractivity contribution is 5.79. The molecular formula is C22H28F4N2O4. The van der Waals surface area contributed by atoms with Crippen molar-refractivity contribution in [3.05, 3.63) is 35.6 Å². The number of ether oxygens (including phenoxy) is 1. The predicted molar refractivity (Wildman–Crippen MR) is 107 cm³/mol. The standard InChI is InChI=1S/C20H27FN2O2.C2HF3O2/c21-17-3-1-2-16(12-17)13-20(24)23-9-5-18-19(23)4-8-22(18)14-15-6-10-25-11-7-15;3-2(4,5)1(6)7/h1-3,12,15,18-19H,4-11,13-14H2;(H,6,7)/t18-,19+;/m0./s1. The number of likely N-dealkylation sites (tertiary alicyclic amines) is 2. The van der Waals surface area contributed by atoms with Gasteiger partial charge in [0.2, 0.25) is 5.91 Å². The van der Waals surface area contributed by atoms with E-state index in [0.717, 1.165) is 70.0 Å². The summed E-state index contributed by atoms with van der Waals surface area (Å²) in [6.45, 7) is 4.87. The van der Waals surface area contributed by atoms with Crippen molar-refractivity contribution in [3.63, 3.8) is 0 Å². The van der Waals surface area contributed by atoms with E-state index >= 15 is 0 Å². The van der Waals surface area contributed by atoms with E-state index < -0.39 is 12.1 Å². The predicted octanol–water partition coefficient (Wildman–Crippen LogP) is 3.10. The smallest absolute Gasteiger partial charge is 0.475 e. The van der Waals surface area contributed by atoms with Crippen LogP contribution in [0.25, 0.3) is 0 Å². The van der Waals surface area contributed by atoms with Crippen molar-refractivity contribution in [1.82, 2.24) is 9.80 Å². The number of carboxylic acids is 1. The summed E-state index contributed by atoms with van der Waals surface area (Å²) in [6.07, 6.45) is -0.307. The summed E-state index contributed by atoms with van der Waals surface area (Å²) >= 11 is 0. The average Bonchev–Trinajstić information content (AvgIpc) is 3.32. The van der Waals surface area contributed by atoms with Gasteiger partial charge in [-0.1, -0.05) is 12.1 Å². The lowest BCUT2D eigenvalue weighted by atomic mass is 9.99. The number of fused-ring (bicyclic) bond motifs is 1. The summed E-state index contributed by atoms with van der Waals surface area (Å²) in [6, 6.07) is 7.26. The van der Waals surface area contributed by atoms with Crippen molar-refractivity contribution in [2.45, 2.75) is 50.4 Å². The molecule has 3 saturated heterocycles. The molecule has 0 aliphatic carbocycles. The van der Waals surface area contributed by atoms with E-state index in [-0.39, 0.29) is 11.7 Å². The monoisotopic (exact) mass is 460 g/mol. The Bertz CT molecular complexity index is 798. The molecule has 1 N–H and O–H groups in total. The first-order chi connectivity index (χ1) is 15.1. The summed E-state index contributed by atoms with van der Waals surface area (Å²) in [4.78, 5) is 26.3. The van der Waals surface area contributed by atoms with Crippen molar-refractivity contribution >= 4 is 11.9 Å². The third kappa shape index (κ3) is 6.41. The van der Waals surface area contributed by atoms with Crippen molar-refractivity contribution in [2.24, 2.45) is 5.92 Å². The molecule has 0 spiro atoms. The highest BCUT2D eigenvalue weighted by Gasteiger charge is 2.44. The van der Waals surface area contributed by atoms with Crippen molar-refractivity contribution in [2.75, 3.05) is 32.8 Å². The van der Waals surface area contributed by atoms with Crippen LogP contribution in [-0.2, 0) is 20.7 Å². The second-order valence-electron chi connectivity index (χ2n) is 8.46. The number of carbonyl (C=O) groups is 2. The Hall–Kier alpha value is -2.20. The van der Waals surface area contributed by atoms with E-state index in [0.29, 0.717) is 18.5 Å². The largest absolute Gasteiger partial charge is 0.490 e. The number of halogens is 4. The molecule has 0 saturated carbocycles. The van der Waals surface area contributed by atoms with Gasteiger partial charge in [0.05, 0.1) is 6.42 Å². The van der Waals surface area contributed by atoms with Crippen LogP contribution < -0.4 is 0 Å². The van der Waals surface area contributed by atoms with Crippen LogP contribution in [0.2, 0.25) is 0 Å². The van der Waals surface area contributed by atoms with Crippen molar-refractivity contribution in [1.29, 1.82) is 0 Å². The van der Waals surface area contributed by atoms with Gasteiger partial charge >= 0.3 is 12.1 Å². The second-order valence-corrected chi connectivity index (χ2v) is 8.46. The van der Waals surface area contributed by atoms with Gasteiger partial charge in [0.15, 0.2) is 0 Å². The molecule has 0 unspecified atom stereocenters. The highest BCUT2D eigenvalue weighted by atomic mass is 19.4. The fourth-order valence-electron chi connectivity index (χ4n) is 4.80. The molecule has 0 radical (unpaired) electrons. The maximum absolute atomic E-state index is 13.3. The Kier molecular flexibility index (Phi) is 8.10. The lowest BCUT2D eigenvalue weighted by Gasteiger charge is -2.30. The number of rotatable bonds is 4. The first-order valence-corrected chi connectivity index (χ1v) is 10.8. The summed E-state index contributed by atoms with van der Waals surface area (Å²) in [7, 11) is 0. The van der Waals surface area contributed by atoms with E-state index in [1.807, 2.05) is 6.07 Å². The molecule has 6 nitrogen and oxygen atoms in total. The van der Waals surface area contributed by atoms with E-state index in [1.165, 1.54) is 12.1 Å². The molecule has 3 aliphatic heterocycles. The molecule has 0 aromatic heterocycles. The first kappa shape index (κ1) is 24.4. The molecule has 10 heteroatoms. The van der Waals surface area contributed by atoms with Gasteiger partial charge in [-0.3, -0.25) is 9.69 Å². The topological polar surface area (TPSA) is 70.1 Å². The van der Waals surface area contributed by atoms with Crippen LogP contribution >= 0.6 is 0 Å². The number of hydrogen-bond acceptors (Lipinski definition) is 4. The van der Waals surface area contributed by atoms with E-state index in [1.54, 1.807) is 6.07 Å². The van der Waals surface area contributed by atoms with Crippen LogP contribution in [0, 0.1) is 11.7 Å². The number of aliphatic carboxylic acids is 1. The summed E-state index contributed by atoms with van der Waals surface area (Å²) in [5, 5.41) is 7.12.